The van der Waals surface area contributed by atoms with E-state index < -0.39 is 0 Å². The number of aromatic amines is 1. The molecule has 0 saturated carbocycles. The van der Waals surface area contributed by atoms with Crippen LogP contribution in [0.25, 0.3) is 21.9 Å². The fourth-order valence-electron chi connectivity index (χ4n) is 3.49. The minimum Gasteiger partial charge on any atom is -0.493 e. The van der Waals surface area contributed by atoms with Crippen molar-refractivity contribution in [3.05, 3.63) is 48.8 Å². The molecular formula is C20H21N3O2. The minimum absolute atomic E-state index is 0.228. The van der Waals surface area contributed by atoms with Gasteiger partial charge < -0.3 is 9.64 Å². The second-order valence-corrected chi connectivity index (χ2v) is 6.63. The first kappa shape index (κ1) is 15.7. The van der Waals surface area contributed by atoms with Crippen LogP contribution in [0.15, 0.2) is 48.8 Å². The molecule has 3 aromatic rings. The van der Waals surface area contributed by atoms with Gasteiger partial charge in [0, 0.05) is 43.1 Å². The van der Waals surface area contributed by atoms with E-state index >= 15 is 0 Å². The highest BCUT2D eigenvalue weighted by Gasteiger charge is 2.23. The van der Waals surface area contributed by atoms with E-state index in [1.807, 2.05) is 37.6 Å². The number of carbonyl (C=O) groups excluding carboxylic acids is 1. The van der Waals surface area contributed by atoms with Crippen molar-refractivity contribution >= 4 is 16.7 Å². The lowest BCUT2D eigenvalue weighted by Crippen LogP contribution is -2.38. The summed E-state index contributed by atoms with van der Waals surface area (Å²) < 4.78 is 6.15. The van der Waals surface area contributed by atoms with E-state index in [-0.39, 0.29) is 5.91 Å². The van der Waals surface area contributed by atoms with Crippen LogP contribution in [0.3, 0.4) is 0 Å². The summed E-state index contributed by atoms with van der Waals surface area (Å²) in [4.78, 5) is 13.4. The van der Waals surface area contributed by atoms with Crippen molar-refractivity contribution in [3.8, 4) is 16.9 Å². The van der Waals surface area contributed by atoms with E-state index in [0.717, 1.165) is 40.6 Å². The predicted molar refractivity (Wildman–Crippen MR) is 97.4 cm³/mol. The van der Waals surface area contributed by atoms with Crippen LogP contribution >= 0.6 is 0 Å². The summed E-state index contributed by atoms with van der Waals surface area (Å²) in [6, 6.07) is 12.4. The second kappa shape index (κ2) is 6.59. The highest BCUT2D eigenvalue weighted by Crippen LogP contribution is 2.34. The summed E-state index contributed by atoms with van der Waals surface area (Å²) in [6.45, 7) is 1.40. The zero-order valence-electron chi connectivity index (χ0n) is 14.2. The second-order valence-electron chi connectivity index (χ2n) is 6.63. The predicted octanol–water partition coefficient (Wildman–Crippen LogP) is 3.48. The molecular weight excluding hydrogens is 314 g/mol. The Balaban J connectivity index is 1.59. The maximum atomic E-state index is 11.6. The van der Waals surface area contributed by atoms with Crippen LogP contribution in [-0.4, -0.2) is 41.2 Å². The molecule has 2 aromatic carbocycles. The molecule has 0 spiro atoms. The van der Waals surface area contributed by atoms with Crippen molar-refractivity contribution in [1.29, 1.82) is 0 Å². The lowest BCUT2D eigenvalue weighted by Gasteiger charge is -2.29. The molecule has 1 aromatic heterocycles. The van der Waals surface area contributed by atoms with Crippen molar-refractivity contribution in [2.75, 3.05) is 20.2 Å². The van der Waals surface area contributed by atoms with Gasteiger partial charge in [-0.05, 0) is 29.5 Å². The number of carbonyl (C=O) groups is 1. The van der Waals surface area contributed by atoms with E-state index in [0.29, 0.717) is 18.9 Å². The molecule has 1 amide bonds. The molecule has 0 radical (unpaired) electrons. The Hall–Kier alpha value is -2.82. The van der Waals surface area contributed by atoms with Gasteiger partial charge in [0.2, 0.25) is 5.91 Å². The molecule has 1 saturated heterocycles. The number of H-pyrrole nitrogens is 1. The first-order valence-electron chi connectivity index (χ1n) is 8.60. The average Bonchev–Trinajstić information content (AvgIpc) is 3.17. The number of ether oxygens (including phenoxy) is 1. The number of fused-ring (bicyclic) bond motifs is 1. The third kappa shape index (κ3) is 3.09. The van der Waals surface area contributed by atoms with Gasteiger partial charge in [-0.3, -0.25) is 9.89 Å². The SMILES string of the molecule is CN1CC(COc2ccc(-c3cn[nH]c3)c3ccccc23)CCC1=O. The van der Waals surface area contributed by atoms with E-state index in [4.69, 9.17) is 4.74 Å². The zero-order valence-corrected chi connectivity index (χ0v) is 14.2. The quantitative estimate of drug-likeness (QED) is 0.794. The molecule has 4 rings (SSSR count). The highest BCUT2D eigenvalue weighted by atomic mass is 16.5. The summed E-state index contributed by atoms with van der Waals surface area (Å²) in [5, 5.41) is 9.17. The smallest absolute Gasteiger partial charge is 0.222 e. The maximum absolute atomic E-state index is 11.6. The van der Waals surface area contributed by atoms with Crippen LogP contribution in [0.1, 0.15) is 12.8 Å². The van der Waals surface area contributed by atoms with E-state index in [1.54, 1.807) is 4.90 Å². The summed E-state index contributed by atoms with van der Waals surface area (Å²) >= 11 is 0. The maximum Gasteiger partial charge on any atom is 0.222 e. The molecule has 1 atom stereocenters. The number of hydrogen-bond acceptors (Lipinski definition) is 3. The van der Waals surface area contributed by atoms with Crippen LogP contribution in [0, 0.1) is 5.92 Å². The lowest BCUT2D eigenvalue weighted by atomic mass is 9.98. The van der Waals surface area contributed by atoms with Gasteiger partial charge in [-0.1, -0.05) is 24.3 Å². The van der Waals surface area contributed by atoms with E-state index in [1.165, 1.54) is 0 Å². The molecule has 1 fully saturated rings. The lowest BCUT2D eigenvalue weighted by molar-refractivity contribution is -0.133. The topological polar surface area (TPSA) is 58.2 Å². The molecule has 1 aliphatic rings. The molecule has 1 aliphatic heterocycles. The molecule has 128 valence electrons. The van der Waals surface area contributed by atoms with Gasteiger partial charge in [0.05, 0.1) is 12.8 Å². The number of aromatic nitrogens is 2. The van der Waals surface area contributed by atoms with Crippen LogP contribution in [0.2, 0.25) is 0 Å². The number of nitrogens with one attached hydrogen (secondary N) is 1. The van der Waals surface area contributed by atoms with Gasteiger partial charge in [0.1, 0.15) is 5.75 Å². The molecule has 25 heavy (non-hydrogen) atoms. The van der Waals surface area contributed by atoms with E-state index in [2.05, 4.69) is 28.4 Å². The fourth-order valence-corrected chi connectivity index (χ4v) is 3.49. The highest BCUT2D eigenvalue weighted by molar-refractivity contribution is 5.99. The van der Waals surface area contributed by atoms with Crippen molar-refractivity contribution < 1.29 is 9.53 Å². The molecule has 5 heteroatoms. The summed E-state index contributed by atoms with van der Waals surface area (Å²) in [5.74, 6) is 1.50. The van der Waals surface area contributed by atoms with Gasteiger partial charge in [-0.2, -0.15) is 5.10 Å². The molecule has 0 aliphatic carbocycles. The van der Waals surface area contributed by atoms with Gasteiger partial charge in [-0.15, -0.1) is 0 Å². The van der Waals surface area contributed by atoms with E-state index in [9.17, 15) is 4.79 Å². The van der Waals surface area contributed by atoms with Crippen molar-refractivity contribution in [2.45, 2.75) is 12.8 Å². The van der Waals surface area contributed by atoms with Gasteiger partial charge in [0.15, 0.2) is 0 Å². The number of nitrogens with zero attached hydrogens (tertiary/aromatic N) is 2. The van der Waals surface area contributed by atoms with Crippen LogP contribution in [-0.2, 0) is 4.79 Å². The Labute approximate surface area is 146 Å². The Bertz CT molecular complexity index is 889. The Morgan fingerprint density at radius 2 is 2.08 bits per heavy atom. The number of piperidine rings is 1. The number of likely N-dealkylation sites (tertiary alicyclic amines) is 1. The van der Waals surface area contributed by atoms with Crippen LogP contribution in [0.5, 0.6) is 5.75 Å². The normalized spacial score (nSPS) is 17.9. The third-order valence-corrected chi connectivity index (χ3v) is 4.89. The summed E-state index contributed by atoms with van der Waals surface area (Å²) in [5.41, 5.74) is 2.20. The monoisotopic (exact) mass is 335 g/mol. The van der Waals surface area contributed by atoms with Crippen molar-refractivity contribution in [1.82, 2.24) is 15.1 Å². The number of hydrogen-bond donors (Lipinski definition) is 1. The Kier molecular flexibility index (Phi) is 4.14. The zero-order chi connectivity index (χ0) is 17.2. The number of amides is 1. The van der Waals surface area contributed by atoms with Gasteiger partial charge in [-0.25, -0.2) is 0 Å². The Morgan fingerprint density at radius 3 is 2.84 bits per heavy atom. The third-order valence-electron chi connectivity index (χ3n) is 4.89. The van der Waals surface area contributed by atoms with Gasteiger partial charge >= 0.3 is 0 Å². The molecule has 1 unspecified atom stereocenters. The minimum atomic E-state index is 0.228. The summed E-state index contributed by atoms with van der Waals surface area (Å²) in [6.07, 6.45) is 5.24. The number of benzene rings is 2. The van der Waals surface area contributed by atoms with Crippen LogP contribution in [0.4, 0.5) is 0 Å². The van der Waals surface area contributed by atoms with Gasteiger partial charge in [0.25, 0.3) is 0 Å². The largest absolute Gasteiger partial charge is 0.493 e. The average molecular weight is 335 g/mol. The molecule has 2 heterocycles. The van der Waals surface area contributed by atoms with Crippen molar-refractivity contribution in [2.24, 2.45) is 5.92 Å². The number of rotatable bonds is 4. The summed E-state index contributed by atoms with van der Waals surface area (Å²) in [7, 11) is 1.86. The van der Waals surface area contributed by atoms with Crippen LogP contribution < -0.4 is 4.74 Å². The fraction of sp³-hybridized carbons (Fsp3) is 0.300. The molecule has 0 bridgehead atoms. The Morgan fingerprint density at radius 1 is 1.24 bits per heavy atom. The molecule has 1 N–H and O–H groups in total. The van der Waals surface area contributed by atoms with Crippen molar-refractivity contribution in [3.63, 3.8) is 0 Å². The first-order chi connectivity index (χ1) is 12.2. The first-order valence-corrected chi connectivity index (χ1v) is 8.60. The standard InChI is InChI=1S/C20H21N3O2/c1-23-12-14(6-9-20(23)24)13-25-19-8-7-16(15-10-21-22-11-15)17-4-2-3-5-18(17)19/h2-5,7-8,10-11,14H,6,9,12-13H2,1H3,(H,21,22). The molecule has 5 nitrogen and oxygen atoms in total.